The van der Waals surface area contributed by atoms with Crippen molar-refractivity contribution in [3.63, 3.8) is 0 Å². The molecule has 0 bridgehead atoms. The third kappa shape index (κ3) is 3.59. The van der Waals surface area contributed by atoms with Crippen molar-refractivity contribution in [2.24, 2.45) is 0 Å². The van der Waals surface area contributed by atoms with Crippen LogP contribution in [0.15, 0.2) is 35.1 Å². The summed E-state index contributed by atoms with van der Waals surface area (Å²) in [6.07, 6.45) is 0.743. The molecule has 6 heteroatoms. The van der Waals surface area contributed by atoms with Crippen LogP contribution in [0, 0.1) is 0 Å². The zero-order valence-electron chi connectivity index (χ0n) is 14.2. The molecule has 0 amide bonds. The van der Waals surface area contributed by atoms with Crippen molar-refractivity contribution < 1.29 is 9.47 Å². The van der Waals surface area contributed by atoms with E-state index in [1.54, 1.807) is 17.7 Å². The Morgan fingerprint density at radius 2 is 2.04 bits per heavy atom. The predicted octanol–water partition coefficient (Wildman–Crippen LogP) is 1.70. The summed E-state index contributed by atoms with van der Waals surface area (Å²) < 4.78 is 12.4. The van der Waals surface area contributed by atoms with Crippen molar-refractivity contribution in [3.05, 3.63) is 51.9 Å². The molecule has 0 radical (unpaired) electrons. The normalized spacial score (nSPS) is 14.7. The molecule has 0 saturated carbocycles. The summed E-state index contributed by atoms with van der Waals surface area (Å²) in [5, 5.41) is 0. The number of aryl methyl sites for hydroxylation is 1. The highest BCUT2D eigenvalue weighted by Gasteiger charge is 2.18. The fraction of sp³-hybridized carbons (Fsp3) is 0.444. The molecule has 1 aromatic heterocycles. The van der Waals surface area contributed by atoms with E-state index in [9.17, 15) is 4.79 Å². The summed E-state index contributed by atoms with van der Waals surface area (Å²) in [7, 11) is 1.64. The second kappa shape index (κ2) is 7.49. The highest BCUT2D eigenvalue weighted by molar-refractivity contribution is 5.35. The van der Waals surface area contributed by atoms with E-state index in [1.807, 2.05) is 31.2 Å². The first-order valence-corrected chi connectivity index (χ1v) is 8.27. The average Bonchev–Trinajstić information content (AvgIpc) is 2.64. The Bertz CT molecular complexity index is 751. The number of morpholine rings is 1. The van der Waals surface area contributed by atoms with Gasteiger partial charge in [0.25, 0.3) is 5.56 Å². The zero-order chi connectivity index (χ0) is 16.9. The van der Waals surface area contributed by atoms with Gasteiger partial charge in [0.05, 0.1) is 26.9 Å². The monoisotopic (exact) mass is 329 g/mol. The number of ether oxygens (including phenoxy) is 2. The first-order chi connectivity index (χ1) is 11.7. The molecule has 0 unspecified atom stereocenters. The second-order valence-electron chi connectivity index (χ2n) is 5.78. The van der Waals surface area contributed by atoms with Crippen LogP contribution in [0.25, 0.3) is 0 Å². The Morgan fingerprint density at radius 3 is 2.75 bits per heavy atom. The molecular formula is C18H23N3O3. The SMILES string of the molecule is CCc1cc(=O)n(Cc2cccc(OC)c2)c(N2CCOCC2)n1. The van der Waals surface area contributed by atoms with Gasteiger partial charge in [-0.2, -0.15) is 0 Å². The molecule has 0 spiro atoms. The Balaban J connectivity index is 1.99. The van der Waals surface area contributed by atoms with Gasteiger partial charge in [-0.15, -0.1) is 0 Å². The van der Waals surface area contributed by atoms with Crippen LogP contribution in [0.2, 0.25) is 0 Å². The van der Waals surface area contributed by atoms with Crippen molar-refractivity contribution in [2.45, 2.75) is 19.9 Å². The summed E-state index contributed by atoms with van der Waals surface area (Å²) in [5.74, 6) is 1.51. The van der Waals surface area contributed by atoms with E-state index in [1.165, 1.54) is 0 Å². The summed E-state index contributed by atoms with van der Waals surface area (Å²) in [6, 6.07) is 9.40. The van der Waals surface area contributed by atoms with Crippen molar-refractivity contribution >= 4 is 5.95 Å². The number of hydrogen-bond donors (Lipinski definition) is 0. The molecule has 1 fully saturated rings. The number of rotatable bonds is 5. The predicted molar refractivity (Wildman–Crippen MR) is 93.0 cm³/mol. The summed E-state index contributed by atoms with van der Waals surface area (Å²) in [6.45, 7) is 5.29. The minimum Gasteiger partial charge on any atom is -0.497 e. The molecule has 1 aromatic carbocycles. The fourth-order valence-electron chi connectivity index (χ4n) is 2.83. The Hall–Kier alpha value is -2.34. The van der Waals surface area contributed by atoms with Crippen LogP contribution in [-0.2, 0) is 17.7 Å². The standard InChI is InChI=1S/C18H23N3O3/c1-3-15-12-17(22)21(13-14-5-4-6-16(11-14)23-2)18(19-15)20-7-9-24-10-8-20/h4-6,11-12H,3,7-10,13H2,1-2H3. The van der Waals surface area contributed by atoms with Gasteiger partial charge in [0.2, 0.25) is 5.95 Å². The molecular weight excluding hydrogens is 306 g/mol. The van der Waals surface area contributed by atoms with Gasteiger partial charge in [-0.25, -0.2) is 4.98 Å². The van der Waals surface area contributed by atoms with E-state index in [2.05, 4.69) is 4.90 Å². The number of hydrogen-bond acceptors (Lipinski definition) is 5. The first-order valence-electron chi connectivity index (χ1n) is 8.27. The molecule has 24 heavy (non-hydrogen) atoms. The molecule has 0 atom stereocenters. The van der Waals surface area contributed by atoms with Crippen LogP contribution in [0.4, 0.5) is 5.95 Å². The van der Waals surface area contributed by atoms with Crippen LogP contribution in [-0.4, -0.2) is 43.0 Å². The summed E-state index contributed by atoms with van der Waals surface area (Å²) in [5.41, 5.74) is 1.81. The molecule has 6 nitrogen and oxygen atoms in total. The molecule has 1 aliphatic rings. The van der Waals surface area contributed by atoms with E-state index in [-0.39, 0.29) is 5.56 Å². The maximum atomic E-state index is 12.7. The molecule has 128 valence electrons. The molecule has 0 N–H and O–H groups in total. The molecule has 2 aromatic rings. The van der Waals surface area contributed by atoms with Gasteiger partial charge < -0.3 is 14.4 Å². The second-order valence-corrected chi connectivity index (χ2v) is 5.78. The fourth-order valence-corrected chi connectivity index (χ4v) is 2.83. The van der Waals surface area contributed by atoms with Crippen molar-refractivity contribution in [3.8, 4) is 5.75 Å². The van der Waals surface area contributed by atoms with Gasteiger partial charge in [0.1, 0.15) is 5.75 Å². The lowest BCUT2D eigenvalue weighted by Crippen LogP contribution is -2.41. The van der Waals surface area contributed by atoms with E-state index < -0.39 is 0 Å². The first kappa shape index (κ1) is 16.5. The number of benzene rings is 1. The Kier molecular flexibility index (Phi) is 5.15. The largest absolute Gasteiger partial charge is 0.497 e. The van der Waals surface area contributed by atoms with Gasteiger partial charge in [0, 0.05) is 24.8 Å². The highest BCUT2D eigenvalue weighted by Crippen LogP contribution is 2.17. The molecule has 3 rings (SSSR count). The van der Waals surface area contributed by atoms with E-state index in [0.717, 1.165) is 42.5 Å². The topological polar surface area (TPSA) is 56.6 Å². The van der Waals surface area contributed by atoms with Crippen LogP contribution in [0.5, 0.6) is 5.75 Å². The Morgan fingerprint density at radius 1 is 1.25 bits per heavy atom. The minimum atomic E-state index is -0.0221. The highest BCUT2D eigenvalue weighted by atomic mass is 16.5. The maximum Gasteiger partial charge on any atom is 0.255 e. The number of anilines is 1. The van der Waals surface area contributed by atoms with Gasteiger partial charge in [-0.3, -0.25) is 9.36 Å². The van der Waals surface area contributed by atoms with Crippen LogP contribution in [0.1, 0.15) is 18.2 Å². The van der Waals surface area contributed by atoms with Crippen molar-refractivity contribution in [2.75, 3.05) is 38.3 Å². The number of methoxy groups -OCH3 is 1. The third-order valence-corrected chi connectivity index (χ3v) is 4.17. The summed E-state index contributed by atoms with van der Waals surface area (Å²) in [4.78, 5) is 19.5. The van der Waals surface area contributed by atoms with E-state index >= 15 is 0 Å². The smallest absolute Gasteiger partial charge is 0.255 e. The van der Waals surface area contributed by atoms with Crippen molar-refractivity contribution in [1.29, 1.82) is 0 Å². The minimum absolute atomic E-state index is 0.0221. The molecule has 1 saturated heterocycles. The number of aromatic nitrogens is 2. The lowest BCUT2D eigenvalue weighted by atomic mass is 10.2. The van der Waals surface area contributed by atoms with E-state index in [4.69, 9.17) is 14.5 Å². The molecule has 0 aliphatic carbocycles. The van der Waals surface area contributed by atoms with Gasteiger partial charge >= 0.3 is 0 Å². The lowest BCUT2D eigenvalue weighted by molar-refractivity contribution is 0.121. The maximum absolute atomic E-state index is 12.7. The van der Waals surface area contributed by atoms with Gasteiger partial charge in [-0.05, 0) is 24.1 Å². The molecule has 2 heterocycles. The van der Waals surface area contributed by atoms with E-state index in [0.29, 0.717) is 19.8 Å². The number of nitrogens with zero attached hydrogens (tertiary/aromatic N) is 3. The summed E-state index contributed by atoms with van der Waals surface area (Å²) >= 11 is 0. The van der Waals surface area contributed by atoms with Gasteiger partial charge in [-0.1, -0.05) is 19.1 Å². The third-order valence-electron chi connectivity index (χ3n) is 4.17. The zero-order valence-corrected chi connectivity index (χ0v) is 14.2. The quantitative estimate of drug-likeness (QED) is 0.836. The Labute approximate surface area is 141 Å². The van der Waals surface area contributed by atoms with Crippen LogP contribution >= 0.6 is 0 Å². The lowest BCUT2D eigenvalue weighted by Gasteiger charge is -2.30. The molecule has 1 aliphatic heterocycles. The van der Waals surface area contributed by atoms with Crippen LogP contribution < -0.4 is 15.2 Å². The van der Waals surface area contributed by atoms with Crippen molar-refractivity contribution in [1.82, 2.24) is 9.55 Å². The van der Waals surface area contributed by atoms with Crippen LogP contribution in [0.3, 0.4) is 0 Å². The van der Waals surface area contributed by atoms with Gasteiger partial charge in [0.15, 0.2) is 0 Å². The average molecular weight is 329 g/mol.